The van der Waals surface area contributed by atoms with Gasteiger partial charge in [-0.1, -0.05) is 12.1 Å². The topological polar surface area (TPSA) is 77.2 Å². The second-order valence-electron chi connectivity index (χ2n) is 4.86. The molecule has 1 aromatic heterocycles. The normalized spacial score (nSPS) is 10.7. The minimum absolute atomic E-state index is 0. The molecule has 1 aromatic carbocycles. The van der Waals surface area contributed by atoms with E-state index in [0.29, 0.717) is 30.2 Å². The van der Waals surface area contributed by atoms with E-state index in [-0.39, 0.29) is 36.8 Å². The molecule has 0 bridgehead atoms. The predicted octanol–water partition coefficient (Wildman–Crippen LogP) is 3.78. The number of nitrogens with zero attached hydrogens (tertiary/aromatic N) is 1. The first-order valence-electron chi connectivity index (χ1n) is 6.88. The Morgan fingerprint density at radius 3 is 2.70 bits per heavy atom. The molecule has 0 fully saturated rings. The summed E-state index contributed by atoms with van der Waals surface area (Å²) in [6.07, 6.45) is 2.73. The molecule has 0 saturated carbocycles. The third kappa shape index (κ3) is 7.83. The Kier molecular flexibility index (Phi) is 9.97. The second-order valence-corrected chi connectivity index (χ2v) is 4.86. The largest absolute Gasteiger partial charge is 0.439 e. The van der Waals surface area contributed by atoms with Crippen molar-refractivity contribution in [2.24, 2.45) is 5.73 Å². The molecule has 2 aromatic rings. The molecule has 7 heteroatoms. The van der Waals surface area contributed by atoms with Crippen LogP contribution in [0.15, 0.2) is 48.7 Å². The fourth-order valence-electron chi connectivity index (χ4n) is 1.75. The van der Waals surface area contributed by atoms with E-state index in [1.165, 1.54) is 0 Å². The first-order chi connectivity index (χ1) is 10.1. The number of amides is 1. The van der Waals surface area contributed by atoms with Gasteiger partial charge in [-0.15, -0.1) is 24.8 Å². The number of halogens is 2. The molecule has 1 atom stereocenters. The van der Waals surface area contributed by atoms with Gasteiger partial charge in [0.1, 0.15) is 5.75 Å². The number of carbonyl (C=O) groups is 1. The lowest BCUT2D eigenvalue weighted by Crippen LogP contribution is -2.19. The molecule has 0 spiro atoms. The highest BCUT2D eigenvalue weighted by atomic mass is 35.5. The van der Waals surface area contributed by atoms with Gasteiger partial charge in [0, 0.05) is 36.5 Å². The van der Waals surface area contributed by atoms with E-state index in [1.807, 2.05) is 37.3 Å². The molecule has 0 aliphatic rings. The van der Waals surface area contributed by atoms with Crippen LogP contribution in [-0.4, -0.2) is 16.9 Å². The summed E-state index contributed by atoms with van der Waals surface area (Å²) in [6, 6.07) is 12.7. The van der Waals surface area contributed by atoms with E-state index in [1.54, 1.807) is 18.3 Å². The summed E-state index contributed by atoms with van der Waals surface area (Å²) in [5.74, 6) is 1.08. The van der Waals surface area contributed by atoms with E-state index >= 15 is 0 Å². The van der Waals surface area contributed by atoms with Crippen LogP contribution in [-0.2, 0) is 4.79 Å². The first kappa shape index (κ1) is 21.2. The van der Waals surface area contributed by atoms with Crippen molar-refractivity contribution in [2.75, 3.05) is 5.32 Å². The molecule has 126 valence electrons. The first-order valence-corrected chi connectivity index (χ1v) is 6.88. The minimum Gasteiger partial charge on any atom is -0.439 e. The van der Waals surface area contributed by atoms with E-state index in [9.17, 15) is 4.79 Å². The van der Waals surface area contributed by atoms with Crippen LogP contribution in [0.5, 0.6) is 11.6 Å². The number of anilines is 1. The number of ether oxygens (including phenoxy) is 1. The van der Waals surface area contributed by atoms with E-state index in [4.69, 9.17) is 10.5 Å². The summed E-state index contributed by atoms with van der Waals surface area (Å²) < 4.78 is 5.62. The van der Waals surface area contributed by atoms with Crippen LogP contribution in [0.2, 0.25) is 0 Å². The van der Waals surface area contributed by atoms with Crippen molar-refractivity contribution >= 4 is 36.4 Å². The maximum absolute atomic E-state index is 11.8. The van der Waals surface area contributed by atoms with Gasteiger partial charge in [-0.25, -0.2) is 4.98 Å². The molecule has 2 rings (SSSR count). The Labute approximate surface area is 148 Å². The molecule has 3 N–H and O–H groups in total. The van der Waals surface area contributed by atoms with Gasteiger partial charge >= 0.3 is 0 Å². The van der Waals surface area contributed by atoms with E-state index < -0.39 is 0 Å². The molecule has 0 aliphatic heterocycles. The summed E-state index contributed by atoms with van der Waals surface area (Å²) in [6.45, 7) is 1.88. The SMILES string of the molecule is CC(N)CCC(=O)Nc1cccc(Oc2ccccn2)c1.Cl.Cl. The number of nitrogens with one attached hydrogen (secondary N) is 1. The fourth-order valence-corrected chi connectivity index (χ4v) is 1.75. The van der Waals surface area contributed by atoms with Crippen molar-refractivity contribution in [3.8, 4) is 11.6 Å². The number of benzene rings is 1. The van der Waals surface area contributed by atoms with Crippen LogP contribution in [0.25, 0.3) is 0 Å². The summed E-state index contributed by atoms with van der Waals surface area (Å²) in [4.78, 5) is 15.9. The highest BCUT2D eigenvalue weighted by Crippen LogP contribution is 2.22. The average Bonchev–Trinajstić information content (AvgIpc) is 2.46. The summed E-state index contributed by atoms with van der Waals surface area (Å²) in [5.41, 5.74) is 6.33. The van der Waals surface area contributed by atoms with Crippen molar-refractivity contribution in [2.45, 2.75) is 25.8 Å². The van der Waals surface area contributed by atoms with Gasteiger partial charge < -0.3 is 15.8 Å². The van der Waals surface area contributed by atoms with Crippen molar-refractivity contribution in [3.63, 3.8) is 0 Å². The number of hydrogen-bond donors (Lipinski definition) is 2. The van der Waals surface area contributed by atoms with E-state index in [0.717, 1.165) is 0 Å². The maximum Gasteiger partial charge on any atom is 0.224 e. The Bertz CT molecular complexity index is 595. The molecular formula is C16H21Cl2N3O2. The highest BCUT2D eigenvalue weighted by Gasteiger charge is 2.05. The van der Waals surface area contributed by atoms with E-state index in [2.05, 4.69) is 10.3 Å². The lowest BCUT2D eigenvalue weighted by Gasteiger charge is -2.09. The maximum atomic E-state index is 11.8. The monoisotopic (exact) mass is 357 g/mol. The molecule has 5 nitrogen and oxygen atoms in total. The molecule has 1 heterocycles. The average molecular weight is 358 g/mol. The fraction of sp³-hybridized carbons (Fsp3) is 0.250. The smallest absolute Gasteiger partial charge is 0.224 e. The van der Waals surface area contributed by atoms with Crippen LogP contribution < -0.4 is 15.8 Å². The lowest BCUT2D eigenvalue weighted by molar-refractivity contribution is -0.116. The standard InChI is InChI=1S/C16H19N3O2.2ClH/c1-12(17)8-9-15(20)19-13-5-4-6-14(11-13)21-16-7-2-3-10-18-16;;/h2-7,10-12H,8-9,17H2,1H3,(H,19,20);2*1H. The van der Waals surface area contributed by atoms with Gasteiger partial charge in [-0.3, -0.25) is 4.79 Å². The van der Waals surface area contributed by atoms with Crippen LogP contribution >= 0.6 is 24.8 Å². The van der Waals surface area contributed by atoms with Gasteiger partial charge in [0.05, 0.1) is 0 Å². The summed E-state index contributed by atoms with van der Waals surface area (Å²) >= 11 is 0. The molecule has 1 unspecified atom stereocenters. The zero-order valence-corrected chi connectivity index (χ0v) is 14.4. The number of pyridine rings is 1. The molecule has 0 saturated heterocycles. The number of rotatable bonds is 6. The third-order valence-corrected chi connectivity index (χ3v) is 2.80. The van der Waals surface area contributed by atoms with Crippen LogP contribution in [0.4, 0.5) is 5.69 Å². The number of hydrogen-bond acceptors (Lipinski definition) is 4. The number of nitrogens with two attached hydrogens (primary N) is 1. The van der Waals surface area contributed by atoms with Gasteiger partial charge in [0.25, 0.3) is 0 Å². The lowest BCUT2D eigenvalue weighted by atomic mass is 10.2. The number of aromatic nitrogens is 1. The predicted molar refractivity (Wildman–Crippen MR) is 96.8 cm³/mol. The van der Waals surface area contributed by atoms with Crippen LogP contribution in [0.1, 0.15) is 19.8 Å². The quantitative estimate of drug-likeness (QED) is 0.824. The molecule has 1 amide bonds. The van der Waals surface area contributed by atoms with Crippen molar-refractivity contribution in [1.82, 2.24) is 4.98 Å². The van der Waals surface area contributed by atoms with Crippen molar-refractivity contribution in [1.29, 1.82) is 0 Å². The summed E-state index contributed by atoms with van der Waals surface area (Å²) in [7, 11) is 0. The Morgan fingerprint density at radius 1 is 1.26 bits per heavy atom. The Hall–Kier alpha value is -1.82. The summed E-state index contributed by atoms with van der Waals surface area (Å²) in [5, 5.41) is 2.83. The van der Waals surface area contributed by atoms with Gasteiger partial charge in [0.15, 0.2) is 0 Å². The van der Waals surface area contributed by atoms with Crippen molar-refractivity contribution in [3.05, 3.63) is 48.7 Å². The highest BCUT2D eigenvalue weighted by molar-refractivity contribution is 5.90. The zero-order chi connectivity index (χ0) is 15.1. The minimum atomic E-state index is -0.0534. The molecule has 23 heavy (non-hydrogen) atoms. The van der Waals surface area contributed by atoms with Gasteiger partial charge in [-0.05, 0) is 31.5 Å². The molecule has 0 aliphatic carbocycles. The number of carbonyl (C=O) groups excluding carboxylic acids is 1. The molecular weight excluding hydrogens is 337 g/mol. The third-order valence-electron chi connectivity index (χ3n) is 2.80. The van der Waals surface area contributed by atoms with Gasteiger partial charge in [0.2, 0.25) is 11.8 Å². The Morgan fingerprint density at radius 2 is 2.04 bits per heavy atom. The van der Waals surface area contributed by atoms with Gasteiger partial charge in [-0.2, -0.15) is 0 Å². The second kappa shape index (κ2) is 10.8. The Balaban J connectivity index is 0.00000242. The molecule has 0 radical (unpaired) electrons. The van der Waals surface area contributed by atoms with Crippen LogP contribution in [0.3, 0.4) is 0 Å². The zero-order valence-electron chi connectivity index (χ0n) is 12.8. The van der Waals surface area contributed by atoms with Crippen molar-refractivity contribution < 1.29 is 9.53 Å². The van der Waals surface area contributed by atoms with Crippen LogP contribution in [0, 0.1) is 0 Å².